The monoisotopic (exact) mass is 290 g/mol. The number of thioether (sulfide) groups is 1. The van der Waals surface area contributed by atoms with Crippen molar-refractivity contribution in [1.29, 1.82) is 0 Å². The summed E-state index contributed by atoms with van der Waals surface area (Å²) in [6.07, 6.45) is -1.89. The van der Waals surface area contributed by atoms with Crippen LogP contribution in [0.25, 0.3) is 0 Å². The highest BCUT2D eigenvalue weighted by Crippen LogP contribution is 2.27. The minimum atomic E-state index is -3.26. The first kappa shape index (κ1) is 16.1. The predicted molar refractivity (Wildman–Crippen MR) is 72.6 cm³/mol. The van der Waals surface area contributed by atoms with Gasteiger partial charge >= 0.3 is 0 Å². The lowest BCUT2D eigenvalue weighted by atomic mass is 10.1. The largest absolute Gasteiger partial charge is 0.282 e. The SMILES string of the molecule is CC(F)C(F)(F)CCCCSC(=O)c1ccccc1. The number of carbonyl (C=O) groups is 1. The molecule has 5 heteroatoms. The molecule has 106 valence electrons. The first-order valence-corrected chi connectivity index (χ1v) is 7.16. The third-order valence-electron chi connectivity index (χ3n) is 2.73. The smallest absolute Gasteiger partial charge is 0.278 e. The number of benzene rings is 1. The van der Waals surface area contributed by atoms with Crippen LogP contribution in [-0.4, -0.2) is 23.0 Å². The quantitative estimate of drug-likeness (QED) is 0.676. The number of alkyl halides is 3. The van der Waals surface area contributed by atoms with Gasteiger partial charge in [-0.15, -0.1) is 0 Å². The van der Waals surface area contributed by atoms with E-state index in [1.54, 1.807) is 24.3 Å². The van der Waals surface area contributed by atoms with Crippen LogP contribution in [0.1, 0.15) is 36.5 Å². The molecule has 1 aromatic carbocycles. The van der Waals surface area contributed by atoms with Gasteiger partial charge in [-0.2, -0.15) is 0 Å². The topological polar surface area (TPSA) is 17.1 Å². The van der Waals surface area contributed by atoms with E-state index in [9.17, 15) is 18.0 Å². The van der Waals surface area contributed by atoms with Crippen molar-refractivity contribution < 1.29 is 18.0 Å². The number of halogens is 3. The summed E-state index contributed by atoms with van der Waals surface area (Å²) >= 11 is 1.11. The fraction of sp³-hybridized carbons (Fsp3) is 0.500. The van der Waals surface area contributed by atoms with Gasteiger partial charge in [0, 0.05) is 17.7 Å². The van der Waals surface area contributed by atoms with E-state index in [-0.39, 0.29) is 11.5 Å². The highest BCUT2D eigenvalue weighted by molar-refractivity contribution is 8.14. The second-order valence-electron chi connectivity index (χ2n) is 4.34. The molecule has 0 aliphatic heterocycles. The van der Waals surface area contributed by atoms with E-state index in [1.165, 1.54) is 0 Å². The molecule has 1 unspecified atom stereocenters. The van der Waals surface area contributed by atoms with Gasteiger partial charge in [0.05, 0.1) is 0 Å². The van der Waals surface area contributed by atoms with Crippen molar-refractivity contribution in [2.75, 3.05) is 5.75 Å². The molecule has 0 amide bonds. The Morgan fingerprint density at radius 3 is 2.47 bits per heavy atom. The van der Waals surface area contributed by atoms with Crippen LogP contribution < -0.4 is 0 Å². The molecule has 0 aromatic heterocycles. The zero-order chi connectivity index (χ0) is 14.3. The van der Waals surface area contributed by atoms with Crippen LogP contribution >= 0.6 is 11.8 Å². The van der Waals surface area contributed by atoms with Crippen molar-refractivity contribution in [2.24, 2.45) is 0 Å². The van der Waals surface area contributed by atoms with Crippen molar-refractivity contribution >= 4 is 16.9 Å². The van der Waals surface area contributed by atoms with E-state index < -0.39 is 18.5 Å². The average Bonchev–Trinajstić information content (AvgIpc) is 2.38. The summed E-state index contributed by atoms with van der Waals surface area (Å²) in [7, 11) is 0. The number of hydrogen-bond acceptors (Lipinski definition) is 2. The Kier molecular flexibility index (Phi) is 6.42. The maximum atomic E-state index is 12.9. The normalized spacial score (nSPS) is 13.3. The van der Waals surface area contributed by atoms with E-state index in [4.69, 9.17) is 0 Å². The minimum absolute atomic E-state index is 0.0637. The minimum Gasteiger partial charge on any atom is -0.282 e. The lowest BCUT2D eigenvalue weighted by molar-refractivity contribution is -0.0724. The Balaban J connectivity index is 2.20. The summed E-state index contributed by atoms with van der Waals surface area (Å²) in [5.41, 5.74) is 0.607. The lowest BCUT2D eigenvalue weighted by Gasteiger charge is -2.16. The van der Waals surface area contributed by atoms with E-state index in [2.05, 4.69) is 0 Å². The van der Waals surface area contributed by atoms with E-state index in [1.807, 2.05) is 6.07 Å². The Hall–Kier alpha value is -0.970. The molecule has 0 saturated carbocycles. The molecule has 0 heterocycles. The van der Waals surface area contributed by atoms with E-state index in [0.29, 0.717) is 17.7 Å². The van der Waals surface area contributed by atoms with Crippen LogP contribution in [0, 0.1) is 0 Å². The first-order valence-electron chi connectivity index (χ1n) is 6.17. The van der Waals surface area contributed by atoms with Crippen molar-refractivity contribution in [1.82, 2.24) is 0 Å². The number of unbranched alkanes of at least 4 members (excludes halogenated alkanes) is 1. The molecule has 1 atom stereocenters. The van der Waals surface area contributed by atoms with Crippen LogP contribution in [0.15, 0.2) is 30.3 Å². The Morgan fingerprint density at radius 2 is 1.89 bits per heavy atom. The number of hydrogen-bond donors (Lipinski definition) is 0. The van der Waals surface area contributed by atoms with E-state index >= 15 is 0 Å². The molecule has 1 rings (SSSR count). The maximum absolute atomic E-state index is 12.9. The molecule has 0 spiro atoms. The van der Waals surface area contributed by atoms with Gasteiger partial charge in [0.2, 0.25) is 5.12 Å². The average molecular weight is 290 g/mol. The Bertz CT molecular complexity index is 393. The molecule has 0 aliphatic rings. The van der Waals surface area contributed by atoms with Gasteiger partial charge in [-0.3, -0.25) is 4.79 Å². The maximum Gasteiger partial charge on any atom is 0.278 e. The Morgan fingerprint density at radius 1 is 1.26 bits per heavy atom. The second kappa shape index (κ2) is 7.58. The fourth-order valence-electron chi connectivity index (χ4n) is 1.48. The molecule has 0 fully saturated rings. The van der Waals surface area contributed by atoms with Crippen molar-refractivity contribution in [3.05, 3.63) is 35.9 Å². The molecule has 1 aromatic rings. The molecule has 0 aliphatic carbocycles. The predicted octanol–water partition coefficient (Wildman–Crippen LogP) is 4.72. The first-order chi connectivity index (χ1) is 8.93. The zero-order valence-electron chi connectivity index (χ0n) is 10.7. The lowest BCUT2D eigenvalue weighted by Crippen LogP contribution is -2.27. The summed E-state index contributed by atoms with van der Waals surface area (Å²) in [5.74, 6) is -2.78. The van der Waals surface area contributed by atoms with Gasteiger partial charge in [-0.1, -0.05) is 42.1 Å². The molecule has 0 bridgehead atoms. The molecule has 19 heavy (non-hydrogen) atoms. The summed E-state index contributed by atoms with van der Waals surface area (Å²) in [6.45, 7) is 0.869. The third kappa shape index (κ3) is 5.68. The van der Waals surface area contributed by atoms with Crippen molar-refractivity contribution in [2.45, 2.75) is 38.3 Å². The summed E-state index contributed by atoms with van der Waals surface area (Å²) in [5, 5.41) is -0.0637. The highest BCUT2D eigenvalue weighted by atomic mass is 32.2. The molecular weight excluding hydrogens is 273 g/mol. The zero-order valence-corrected chi connectivity index (χ0v) is 11.6. The molecular formula is C14H17F3OS. The fourth-order valence-corrected chi connectivity index (χ4v) is 2.32. The van der Waals surface area contributed by atoms with Gasteiger partial charge < -0.3 is 0 Å². The standard InChI is InChI=1S/C14H17F3OS/c1-11(15)14(16,17)9-5-6-10-19-13(18)12-7-3-2-4-8-12/h2-4,7-8,11H,5-6,9-10H2,1H3. The van der Waals surface area contributed by atoms with Crippen LogP contribution in [-0.2, 0) is 0 Å². The summed E-state index contributed by atoms with van der Waals surface area (Å²) < 4.78 is 38.4. The summed E-state index contributed by atoms with van der Waals surface area (Å²) in [6, 6.07) is 8.80. The molecule has 0 saturated heterocycles. The van der Waals surface area contributed by atoms with Gasteiger partial charge in [0.25, 0.3) is 5.92 Å². The molecule has 1 nitrogen and oxygen atoms in total. The second-order valence-corrected chi connectivity index (χ2v) is 5.40. The molecule has 0 radical (unpaired) electrons. The Labute approximate surface area is 115 Å². The van der Waals surface area contributed by atoms with Gasteiger partial charge in [0.1, 0.15) is 0 Å². The summed E-state index contributed by atoms with van der Waals surface area (Å²) in [4.78, 5) is 11.7. The highest BCUT2D eigenvalue weighted by Gasteiger charge is 2.35. The van der Waals surface area contributed by atoms with Gasteiger partial charge in [-0.25, -0.2) is 13.2 Å². The number of carbonyl (C=O) groups excluding carboxylic acids is 1. The third-order valence-corrected chi connectivity index (χ3v) is 3.72. The van der Waals surface area contributed by atoms with Crippen LogP contribution in [0.3, 0.4) is 0 Å². The molecule has 0 N–H and O–H groups in total. The van der Waals surface area contributed by atoms with Gasteiger partial charge in [0.15, 0.2) is 6.17 Å². The van der Waals surface area contributed by atoms with Crippen LogP contribution in [0.2, 0.25) is 0 Å². The number of rotatable bonds is 7. The van der Waals surface area contributed by atoms with Crippen molar-refractivity contribution in [3.8, 4) is 0 Å². The van der Waals surface area contributed by atoms with Crippen LogP contribution in [0.4, 0.5) is 13.2 Å². The van der Waals surface area contributed by atoms with Gasteiger partial charge in [-0.05, 0) is 19.8 Å². The van der Waals surface area contributed by atoms with Crippen LogP contribution in [0.5, 0.6) is 0 Å². The van der Waals surface area contributed by atoms with E-state index in [0.717, 1.165) is 18.7 Å². The van der Waals surface area contributed by atoms with Crippen molar-refractivity contribution in [3.63, 3.8) is 0 Å².